The van der Waals surface area contributed by atoms with E-state index in [0.29, 0.717) is 42.2 Å². The van der Waals surface area contributed by atoms with Crippen molar-refractivity contribution in [2.24, 2.45) is 0 Å². The van der Waals surface area contributed by atoms with Gasteiger partial charge >= 0.3 is 0 Å². The fourth-order valence-corrected chi connectivity index (χ4v) is 5.94. The predicted octanol–water partition coefficient (Wildman–Crippen LogP) is 2.84. The zero-order valence-corrected chi connectivity index (χ0v) is 17.1. The van der Waals surface area contributed by atoms with E-state index in [4.69, 9.17) is 11.6 Å². The lowest BCUT2D eigenvalue weighted by Crippen LogP contribution is -2.48. The van der Waals surface area contributed by atoms with Crippen molar-refractivity contribution in [3.63, 3.8) is 0 Å². The zero-order chi connectivity index (χ0) is 19.6. The van der Waals surface area contributed by atoms with E-state index in [1.807, 2.05) is 29.2 Å². The quantitative estimate of drug-likeness (QED) is 0.657. The van der Waals surface area contributed by atoms with E-state index in [0.717, 1.165) is 17.2 Å². The van der Waals surface area contributed by atoms with Crippen LogP contribution in [-0.2, 0) is 10.0 Å². The van der Waals surface area contributed by atoms with Crippen molar-refractivity contribution in [2.45, 2.75) is 4.21 Å². The van der Waals surface area contributed by atoms with Crippen molar-refractivity contribution in [3.8, 4) is 0 Å². The Morgan fingerprint density at radius 3 is 2.50 bits per heavy atom. The molecule has 3 aromatic rings. The summed E-state index contributed by atoms with van der Waals surface area (Å²) in [5.41, 5.74) is 0. The number of hydrogen-bond acceptors (Lipinski definition) is 8. The van der Waals surface area contributed by atoms with Crippen molar-refractivity contribution < 1.29 is 8.42 Å². The second-order valence-corrected chi connectivity index (χ2v) is 9.93. The van der Waals surface area contributed by atoms with Crippen LogP contribution >= 0.6 is 22.9 Å². The molecule has 0 aliphatic carbocycles. The molecule has 1 aliphatic rings. The third-order valence-corrected chi connectivity index (χ3v) is 7.88. The molecule has 0 bridgehead atoms. The van der Waals surface area contributed by atoms with E-state index >= 15 is 0 Å². The molecule has 0 saturated carbocycles. The summed E-state index contributed by atoms with van der Waals surface area (Å²) in [4.78, 5) is 14.8. The number of halogens is 1. The van der Waals surface area contributed by atoms with Crippen molar-refractivity contribution in [1.82, 2.24) is 19.3 Å². The maximum atomic E-state index is 12.7. The number of aromatic nitrogens is 3. The van der Waals surface area contributed by atoms with Crippen LogP contribution in [-0.4, -0.2) is 53.9 Å². The van der Waals surface area contributed by atoms with Gasteiger partial charge in [-0.1, -0.05) is 17.7 Å². The van der Waals surface area contributed by atoms with Crippen molar-refractivity contribution in [1.29, 1.82) is 0 Å². The molecule has 4 heterocycles. The number of sulfonamides is 1. The lowest BCUT2D eigenvalue weighted by molar-refractivity contribution is 0.385. The van der Waals surface area contributed by atoms with Gasteiger partial charge in [-0.3, -0.25) is 0 Å². The minimum atomic E-state index is -3.51. The van der Waals surface area contributed by atoms with Crippen molar-refractivity contribution in [2.75, 3.05) is 36.4 Å². The van der Waals surface area contributed by atoms with Gasteiger partial charge in [0.25, 0.3) is 10.0 Å². The lowest BCUT2D eigenvalue weighted by atomic mass is 10.3. The van der Waals surface area contributed by atoms with E-state index in [2.05, 4.69) is 20.3 Å². The fourth-order valence-electron chi connectivity index (χ4n) is 2.88. The van der Waals surface area contributed by atoms with Gasteiger partial charge in [0.1, 0.15) is 28.0 Å². The summed E-state index contributed by atoms with van der Waals surface area (Å²) >= 11 is 6.96. The van der Waals surface area contributed by atoms with Gasteiger partial charge in [-0.25, -0.2) is 23.4 Å². The second-order valence-electron chi connectivity index (χ2n) is 6.05. The van der Waals surface area contributed by atoms with Crippen molar-refractivity contribution >= 4 is 50.4 Å². The van der Waals surface area contributed by atoms with E-state index in [9.17, 15) is 8.42 Å². The molecule has 0 spiro atoms. The Labute approximate surface area is 171 Å². The highest BCUT2D eigenvalue weighted by atomic mass is 35.5. The highest BCUT2D eigenvalue weighted by Crippen LogP contribution is 2.29. The Hall–Kier alpha value is -2.27. The van der Waals surface area contributed by atoms with Crippen LogP contribution < -0.4 is 10.2 Å². The Morgan fingerprint density at radius 2 is 1.82 bits per heavy atom. The third kappa shape index (κ3) is 4.09. The number of nitrogens with one attached hydrogen (secondary N) is 1. The van der Waals surface area contributed by atoms with Gasteiger partial charge < -0.3 is 10.2 Å². The summed E-state index contributed by atoms with van der Waals surface area (Å²) in [6, 6.07) is 10.6. The molecule has 11 heteroatoms. The van der Waals surface area contributed by atoms with Crippen LogP contribution in [0, 0.1) is 0 Å². The molecule has 0 aromatic carbocycles. The van der Waals surface area contributed by atoms with Gasteiger partial charge in [0.2, 0.25) is 0 Å². The number of piperazine rings is 1. The van der Waals surface area contributed by atoms with Gasteiger partial charge in [-0.05, 0) is 24.3 Å². The number of hydrogen-bond donors (Lipinski definition) is 1. The minimum absolute atomic E-state index is 0.273. The Bertz CT molecular complexity index is 1050. The number of thiophene rings is 1. The molecule has 0 unspecified atom stereocenters. The Kier molecular flexibility index (Phi) is 5.44. The molecule has 28 heavy (non-hydrogen) atoms. The standard InChI is InChI=1S/C17H17ClN6O2S2/c18-13-4-5-17(27-13)28(25,26)24-9-7-23(8-10-24)16-11-15(20-12-21-16)22-14-3-1-2-6-19-14/h1-6,11-12H,7-10H2,(H,19,20,21,22). The van der Waals surface area contributed by atoms with Gasteiger partial charge in [0, 0.05) is 38.4 Å². The first kappa shape index (κ1) is 19.1. The number of rotatable bonds is 5. The SMILES string of the molecule is O=S(=O)(c1ccc(Cl)s1)N1CCN(c2cc(Nc3ccccn3)ncn2)CC1. The van der Waals surface area contributed by atoms with Crippen LogP contribution in [0.15, 0.2) is 53.1 Å². The topological polar surface area (TPSA) is 91.3 Å². The van der Waals surface area contributed by atoms with Gasteiger partial charge in [-0.15, -0.1) is 11.3 Å². The van der Waals surface area contributed by atoms with E-state index < -0.39 is 10.0 Å². The highest BCUT2D eigenvalue weighted by Gasteiger charge is 2.30. The molecule has 0 radical (unpaired) electrons. The Morgan fingerprint density at radius 1 is 1.00 bits per heavy atom. The number of pyridine rings is 1. The molecule has 0 atom stereocenters. The molecule has 3 aromatic heterocycles. The molecule has 1 fully saturated rings. The average Bonchev–Trinajstić information content (AvgIpc) is 3.16. The molecule has 0 amide bonds. The van der Waals surface area contributed by atoms with Crippen LogP contribution in [0.4, 0.5) is 17.5 Å². The van der Waals surface area contributed by atoms with Gasteiger partial charge in [0.15, 0.2) is 0 Å². The van der Waals surface area contributed by atoms with Crippen LogP contribution in [0.5, 0.6) is 0 Å². The maximum absolute atomic E-state index is 12.7. The molecular weight excluding hydrogens is 420 g/mol. The smallest absolute Gasteiger partial charge is 0.252 e. The first-order chi connectivity index (χ1) is 13.5. The molecule has 1 saturated heterocycles. The average molecular weight is 437 g/mol. The molecular formula is C17H17ClN6O2S2. The molecule has 4 rings (SSSR count). The number of nitrogens with zero attached hydrogens (tertiary/aromatic N) is 5. The first-order valence-corrected chi connectivity index (χ1v) is 11.2. The van der Waals surface area contributed by atoms with E-state index in [1.165, 1.54) is 10.6 Å². The largest absolute Gasteiger partial charge is 0.354 e. The van der Waals surface area contributed by atoms with Crippen LogP contribution in [0.3, 0.4) is 0 Å². The summed E-state index contributed by atoms with van der Waals surface area (Å²) in [5.74, 6) is 2.06. The monoisotopic (exact) mass is 436 g/mol. The van der Waals surface area contributed by atoms with E-state index in [-0.39, 0.29) is 4.21 Å². The fraction of sp³-hybridized carbons (Fsp3) is 0.235. The number of anilines is 3. The lowest BCUT2D eigenvalue weighted by Gasteiger charge is -2.34. The second kappa shape index (κ2) is 8.00. The van der Waals surface area contributed by atoms with Crippen molar-refractivity contribution in [3.05, 3.63) is 53.3 Å². The maximum Gasteiger partial charge on any atom is 0.252 e. The highest BCUT2D eigenvalue weighted by molar-refractivity contribution is 7.91. The normalized spacial score (nSPS) is 15.5. The van der Waals surface area contributed by atoms with E-state index in [1.54, 1.807) is 18.3 Å². The third-order valence-electron chi connectivity index (χ3n) is 4.28. The molecule has 146 valence electrons. The first-order valence-electron chi connectivity index (χ1n) is 8.53. The zero-order valence-electron chi connectivity index (χ0n) is 14.7. The summed E-state index contributed by atoms with van der Waals surface area (Å²) in [7, 11) is -3.51. The molecule has 8 nitrogen and oxygen atoms in total. The van der Waals surface area contributed by atoms with Crippen LogP contribution in [0.2, 0.25) is 4.34 Å². The minimum Gasteiger partial charge on any atom is -0.354 e. The molecule has 1 N–H and O–H groups in total. The van der Waals surface area contributed by atoms with Crippen LogP contribution in [0.1, 0.15) is 0 Å². The predicted molar refractivity (Wildman–Crippen MR) is 110 cm³/mol. The van der Waals surface area contributed by atoms with Crippen LogP contribution in [0.25, 0.3) is 0 Å². The summed E-state index contributed by atoms with van der Waals surface area (Å²) in [6.07, 6.45) is 3.18. The molecule has 1 aliphatic heterocycles. The summed E-state index contributed by atoms with van der Waals surface area (Å²) in [6.45, 7) is 1.84. The Balaban J connectivity index is 1.43. The van der Waals surface area contributed by atoms with Gasteiger partial charge in [-0.2, -0.15) is 4.31 Å². The summed E-state index contributed by atoms with van der Waals surface area (Å²) < 4.78 is 27.7. The van der Waals surface area contributed by atoms with Gasteiger partial charge in [0.05, 0.1) is 4.34 Å². The summed E-state index contributed by atoms with van der Waals surface area (Å²) in [5, 5.41) is 3.13.